The SMILES string of the molecule is Cc1nc(OCCNC(=O)c2ccc(C(C)(C)C)cc2)cc(N2CCOCC2)n1. The number of ether oxygens (including phenoxy) is 2. The summed E-state index contributed by atoms with van der Waals surface area (Å²) in [5.41, 5.74) is 1.91. The molecular formula is C22H30N4O3. The molecule has 0 unspecified atom stereocenters. The van der Waals surface area contributed by atoms with Crippen LogP contribution in [0.5, 0.6) is 5.88 Å². The quantitative estimate of drug-likeness (QED) is 0.754. The molecule has 1 aromatic carbocycles. The van der Waals surface area contributed by atoms with E-state index in [1.807, 2.05) is 37.3 Å². The van der Waals surface area contributed by atoms with E-state index in [-0.39, 0.29) is 11.3 Å². The third-order valence-corrected chi connectivity index (χ3v) is 4.79. The minimum absolute atomic E-state index is 0.0680. The Morgan fingerprint density at radius 3 is 2.52 bits per heavy atom. The normalized spacial score (nSPS) is 14.6. The smallest absolute Gasteiger partial charge is 0.251 e. The van der Waals surface area contributed by atoms with Gasteiger partial charge in [-0.25, -0.2) is 4.98 Å². The summed E-state index contributed by atoms with van der Waals surface area (Å²) in [5.74, 6) is 1.91. The second-order valence-electron chi connectivity index (χ2n) is 8.14. The van der Waals surface area contributed by atoms with E-state index in [2.05, 4.69) is 41.0 Å². The number of benzene rings is 1. The molecule has 2 heterocycles. The lowest BCUT2D eigenvalue weighted by Crippen LogP contribution is -2.37. The summed E-state index contributed by atoms with van der Waals surface area (Å²) in [6.07, 6.45) is 0. The zero-order chi connectivity index (χ0) is 20.9. The number of hydrogen-bond donors (Lipinski definition) is 1. The van der Waals surface area contributed by atoms with Crippen LogP contribution in [0.1, 0.15) is 42.5 Å². The van der Waals surface area contributed by atoms with Gasteiger partial charge in [-0.2, -0.15) is 4.98 Å². The van der Waals surface area contributed by atoms with E-state index in [9.17, 15) is 4.79 Å². The van der Waals surface area contributed by atoms with E-state index in [1.165, 1.54) is 5.56 Å². The van der Waals surface area contributed by atoms with E-state index in [1.54, 1.807) is 0 Å². The van der Waals surface area contributed by atoms with Gasteiger partial charge in [-0.15, -0.1) is 0 Å². The zero-order valence-electron chi connectivity index (χ0n) is 17.7. The molecule has 0 radical (unpaired) electrons. The highest BCUT2D eigenvalue weighted by Gasteiger charge is 2.15. The average Bonchev–Trinajstić information content (AvgIpc) is 2.71. The minimum atomic E-state index is -0.109. The van der Waals surface area contributed by atoms with Crippen molar-refractivity contribution in [1.29, 1.82) is 0 Å². The lowest BCUT2D eigenvalue weighted by atomic mass is 9.87. The average molecular weight is 399 g/mol. The third kappa shape index (κ3) is 5.90. The fraction of sp³-hybridized carbons (Fsp3) is 0.500. The fourth-order valence-corrected chi connectivity index (χ4v) is 3.10. The van der Waals surface area contributed by atoms with Crippen LogP contribution in [0.2, 0.25) is 0 Å². The van der Waals surface area contributed by atoms with Crippen molar-refractivity contribution in [3.8, 4) is 5.88 Å². The van der Waals surface area contributed by atoms with Gasteiger partial charge >= 0.3 is 0 Å². The van der Waals surface area contributed by atoms with Crippen LogP contribution in [0.15, 0.2) is 30.3 Å². The molecule has 1 aliphatic rings. The molecule has 0 bridgehead atoms. The van der Waals surface area contributed by atoms with Crippen molar-refractivity contribution in [2.75, 3.05) is 44.4 Å². The van der Waals surface area contributed by atoms with Gasteiger partial charge in [0.1, 0.15) is 18.2 Å². The molecular weight excluding hydrogens is 368 g/mol. The van der Waals surface area contributed by atoms with Crippen LogP contribution in [-0.4, -0.2) is 55.3 Å². The molecule has 1 N–H and O–H groups in total. The lowest BCUT2D eigenvalue weighted by Gasteiger charge is -2.28. The largest absolute Gasteiger partial charge is 0.476 e. The second-order valence-corrected chi connectivity index (χ2v) is 8.14. The predicted octanol–water partition coefficient (Wildman–Crippen LogP) is 2.73. The number of rotatable bonds is 6. The molecule has 1 saturated heterocycles. The number of morpholine rings is 1. The molecule has 0 spiro atoms. The van der Waals surface area contributed by atoms with Crippen LogP contribution in [0.4, 0.5) is 5.82 Å². The molecule has 7 nitrogen and oxygen atoms in total. The first-order valence-electron chi connectivity index (χ1n) is 10.0. The van der Waals surface area contributed by atoms with Gasteiger partial charge in [-0.3, -0.25) is 4.79 Å². The van der Waals surface area contributed by atoms with Crippen LogP contribution >= 0.6 is 0 Å². The molecule has 2 aromatic rings. The topological polar surface area (TPSA) is 76.6 Å². The van der Waals surface area contributed by atoms with Gasteiger partial charge in [0.25, 0.3) is 5.91 Å². The summed E-state index contributed by atoms with van der Waals surface area (Å²) in [7, 11) is 0. The van der Waals surface area contributed by atoms with Crippen LogP contribution in [0.3, 0.4) is 0 Å². The van der Waals surface area contributed by atoms with Crippen molar-refractivity contribution in [3.63, 3.8) is 0 Å². The highest BCUT2D eigenvalue weighted by Crippen LogP contribution is 2.22. The van der Waals surface area contributed by atoms with Crippen LogP contribution < -0.4 is 15.0 Å². The van der Waals surface area contributed by atoms with E-state index >= 15 is 0 Å². The number of hydrogen-bond acceptors (Lipinski definition) is 6. The Bertz CT molecular complexity index is 825. The first-order valence-corrected chi connectivity index (χ1v) is 10.0. The molecule has 1 fully saturated rings. The molecule has 0 aliphatic carbocycles. The first kappa shape index (κ1) is 21.0. The molecule has 1 amide bonds. The van der Waals surface area contributed by atoms with E-state index < -0.39 is 0 Å². The Kier molecular flexibility index (Phi) is 6.69. The van der Waals surface area contributed by atoms with E-state index in [4.69, 9.17) is 9.47 Å². The number of amides is 1. The van der Waals surface area contributed by atoms with Crippen molar-refractivity contribution in [3.05, 3.63) is 47.3 Å². The number of aromatic nitrogens is 2. The van der Waals surface area contributed by atoms with Crippen molar-refractivity contribution in [2.24, 2.45) is 0 Å². The molecule has 1 aliphatic heterocycles. The molecule has 29 heavy (non-hydrogen) atoms. The van der Waals surface area contributed by atoms with Gasteiger partial charge in [0.2, 0.25) is 5.88 Å². The summed E-state index contributed by atoms with van der Waals surface area (Å²) >= 11 is 0. The molecule has 3 rings (SSSR count). The zero-order valence-corrected chi connectivity index (χ0v) is 17.7. The summed E-state index contributed by atoms with van der Waals surface area (Å²) in [4.78, 5) is 23.3. The third-order valence-electron chi connectivity index (χ3n) is 4.79. The maximum atomic E-state index is 12.3. The monoisotopic (exact) mass is 398 g/mol. The number of nitrogens with one attached hydrogen (secondary N) is 1. The highest BCUT2D eigenvalue weighted by atomic mass is 16.5. The van der Waals surface area contributed by atoms with Crippen LogP contribution in [-0.2, 0) is 10.2 Å². The van der Waals surface area contributed by atoms with E-state index in [0.29, 0.717) is 43.6 Å². The number of carbonyl (C=O) groups is 1. The molecule has 156 valence electrons. The van der Waals surface area contributed by atoms with Gasteiger partial charge in [0.05, 0.1) is 19.8 Å². The Hall–Kier alpha value is -2.67. The van der Waals surface area contributed by atoms with Gasteiger partial charge in [-0.05, 0) is 30.0 Å². The molecule has 7 heteroatoms. The Balaban J connectivity index is 1.50. The summed E-state index contributed by atoms with van der Waals surface area (Å²) < 4.78 is 11.1. The van der Waals surface area contributed by atoms with Crippen molar-refractivity contribution >= 4 is 11.7 Å². The number of aryl methyl sites for hydroxylation is 1. The first-order chi connectivity index (χ1) is 13.8. The van der Waals surface area contributed by atoms with Gasteiger partial charge in [0.15, 0.2) is 0 Å². The Morgan fingerprint density at radius 1 is 1.17 bits per heavy atom. The van der Waals surface area contributed by atoms with Gasteiger partial charge in [-0.1, -0.05) is 32.9 Å². The van der Waals surface area contributed by atoms with Crippen LogP contribution in [0, 0.1) is 6.92 Å². The van der Waals surface area contributed by atoms with Crippen molar-refractivity contribution < 1.29 is 14.3 Å². The number of nitrogens with zero attached hydrogens (tertiary/aromatic N) is 3. The molecule has 1 aromatic heterocycles. The lowest BCUT2D eigenvalue weighted by molar-refractivity contribution is 0.0946. The summed E-state index contributed by atoms with van der Waals surface area (Å²) in [6.45, 7) is 12.0. The number of anilines is 1. The molecule has 0 saturated carbocycles. The maximum Gasteiger partial charge on any atom is 0.251 e. The standard InChI is InChI=1S/C22H30N4O3/c1-16-24-19(26-10-13-28-14-11-26)15-20(25-16)29-12-9-23-21(27)17-5-7-18(8-6-17)22(2,3)4/h5-8,15H,9-14H2,1-4H3,(H,23,27). The predicted molar refractivity (Wildman–Crippen MR) is 113 cm³/mol. The Morgan fingerprint density at radius 2 is 1.86 bits per heavy atom. The maximum absolute atomic E-state index is 12.3. The fourth-order valence-electron chi connectivity index (χ4n) is 3.10. The van der Waals surface area contributed by atoms with E-state index in [0.717, 1.165) is 18.9 Å². The Labute approximate surface area is 172 Å². The second kappa shape index (κ2) is 9.22. The van der Waals surface area contributed by atoms with Gasteiger partial charge in [0, 0.05) is 24.7 Å². The minimum Gasteiger partial charge on any atom is -0.476 e. The number of carbonyl (C=O) groups excluding carboxylic acids is 1. The summed E-state index contributed by atoms with van der Waals surface area (Å²) in [5, 5.41) is 2.89. The molecule has 0 atom stereocenters. The summed E-state index contributed by atoms with van der Waals surface area (Å²) in [6, 6.07) is 9.56. The van der Waals surface area contributed by atoms with Gasteiger partial charge < -0.3 is 19.7 Å². The van der Waals surface area contributed by atoms with Crippen molar-refractivity contribution in [2.45, 2.75) is 33.1 Å². The highest BCUT2D eigenvalue weighted by molar-refractivity contribution is 5.94. The van der Waals surface area contributed by atoms with Crippen LogP contribution in [0.25, 0.3) is 0 Å². The van der Waals surface area contributed by atoms with Crippen molar-refractivity contribution in [1.82, 2.24) is 15.3 Å².